The third-order valence-electron chi connectivity index (χ3n) is 2.97. The monoisotopic (exact) mass is 282 g/mol. The summed E-state index contributed by atoms with van der Waals surface area (Å²) in [6.07, 6.45) is 1.91. The molecule has 0 spiro atoms. The minimum Gasteiger partial charge on any atom is -0.394 e. The lowest BCUT2D eigenvalue weighted by Crippen LogP contribution is -2.34. The van der Waals surface area contributed by atoms with E-state index in [0.29, 0.717) is 9.88 Å². The normalized spacial score (nSPS) is 15.9. The van der Waals surface area contributed by atoms with Gasteiger partial charge in [-0.2, -0.15) is 0 Å². The van der Waals surface area contributed by atoms with Crippen molar-refractivity contribution in [3.8, 4) is 0 Å². The van der Waals surface area contributed by atoms with Crippen molar-refractivity contribution in [3.63, 3.8) is 0 Å². The van der Waals surface area contributed by atoms with Crippen LogP contribution in [0.5, 0.6) is 0 Å². The van der Waals surface area contributed by atoms with Crippen LogP contribution in [-0.2, 0) is 4.79 Å². The molecule has 0 aromatic carbocycles. The number of thiophene rings is 1. The summed E-state index contributed by atoms with van der Waals surface area (Å²) in [6, 6.07) is 1.53. The quantitative estimate of drug-likeness (QED) is 0.766. The second-order valence-electron chi connectivity index (χ2n) is 4.94. The highest BCUT2D eigenvalue weighted by Gasteiger charge is 2.30. The van der Waals surface area contributed by atoms with Gasteiger partial charge in [0.15, 0.2) is 0 Å². The molecule has 1 heterocycles. The predicted octanol–water partition coefficient (Wildman–Crippen LogP) is 1.52. The van der Waals surface area contributed by atoms with Crippen LogP contribution in [0.4, 0.5) is 5.00 Å². The molecule has 1 aromatic heterocycles. The molecule has 1 atom stereocenters. The number of amides is 2. The summed E-state index contributed by atoms with van der Waals surface area (Å²) in [6.45, 7) is 3.47. The average Bonchev–Trinajstić information content (AvgIpc) is 3.14. The van der Waals surface area contributed by atoms with Crippen LogP contribution in [0.3, 0.4) is 0 Å². The first-order valence-electron chi connectivity index (χ1n) is 6.34. The van der Waals surface area contributed by atoms with Crippen LogP contribution in [0.15, 0.2) is 6.07 Å². The van der Waals surface area contributed by atoms with Crippen molar-refractivity contribution in [2.24, 2.45) is 5.92 Å². The second kappa shape index (κ2) is 5.71. The Kier molecular flexibility index (Phi) is 4.21. The lowest BCUT2D eigenvalue weighted by molar-refractivity contribution is -0.117. The van der Waals surface area contributed by atoms with E-state index in [1.165, 1.54) is 11.3 Å². The largest absolute Gasteiger partial charge is 0.394 e. The molecule has 2 rings (SSSR count). The molecule has 1 aliphatic rings. The molecule has 1 saturated carbocycles. The first-order valence-corrected chi connectivity index (χ1v) is 7.16. The minimum absolute atomic E-state index is 0.0388. The highest BCUT2D eigenvalue weighted by molar-refractivity contribution is 7.18. The number of hydrogen-bond donors (Lipinski definition) is 3. The van der Waals surface area contributed by atoms with Gasteiger partial charge in [0.2, 0.25) is 5.91 Å². The highest BCUT2D eigenvalue weighted by atomic mass is 32.1. The fraction of sp³-hybridized carbons (Fsp3) is 0.538. The van der Waals surface area contributed by atoms with E-state index in [1.54, 1.807) is 6.92 Å². The van der Waals surface area contributed by atoms with Crippen LogP contribution in [0.1, 0.15) is 35.0 Å². The van der Waals surface area contributed by atoms with Crippen LogP contribution < -0.4 is 10.6 Å². The fourth-order valence-electron chi connectivity index (χ4n) is 1.67. The lowest BCUT2D eigenvalue weighted by atomic mass is 10.2. The average molecular weight is 282 g/mol. The van der Waals surface area contributed by atoms with E-state index in [-0.39, 0.29) is 30.4 Å². The molecule has 3 N–H and O–H groups in total. The summed E-state index contributed by atoms with van der Waals surface area (Å²) >= 11 is 1.27. The van der Waals surface area contributed by atoms with E-state index < -0.39 is 0 Å². The van der Waals surface area contributed by atoms with Gasteiger partial charge in [0, 0.05) is 12.0 Å². The van der Waals surface area contributed by atoms with Gasteiger partial charge in [-0.05, 0) is 38.3 Å². The smallest absolute Gasteiger partial charge is 0.261 e. The van der Waals surface area contributed by atoms with Crippen LogP contribution in [0.25, 0.3) is 0 Å². The standard InChI is InChI=1S/C13H18N2O3S/c1-7-5-10(15-12(17)9-3-4-9)19-11(7)13(18)14-8(2)6-16/h5,8-9,16H,3-4,6H2,1-2H3,(H,14,18)(H,15,17). The maximum Gasteiger partial charge on any atom is 0.261 e. The zero-order valence-electron chi connectivity index (χ0n) is 11.0. The first kappa shape index (κ1) is 14.0. The van der Waals surface area contributed by atoms with Gasteiger partial charge in [-0.15, -0.1) is 11.3 Å². The Bertz CT molecular complexity index is 494. The van der Waals surface area contributed by atoms with E-state index in [4.69, 9.17) is 5.11 Å². The molecule has 19 heavy (non-hydrogen) atoms. The van der Waals surface area contributed by atoms with E-state index >= 15 is 0 Å². The van der Waals surface area contributed by atoms with Crippen molar-refractivity contribution in [3.05, 3.63) is 16.5 Å². The number of aliphatic hydroxyl groups is 1. The van der Waals surface area contributed by atoms with Crippen molar-refractivity contribution in [2.75, 3.05) is 11.9 Å². The molecule has 1 aliphatic carbocycles. The van der Waals surface area contributed by atoms with Gasteiger partial charge in [-0.25, -0.2) is 0 Å². The van der Waals surface area contributed by atoms with Crippen LogP contribution in [0, 0.1) is 12.8 Å². The van der Waals surface area contributed by atoms with E-state index in [9.17, 15) is 9.59 Å². The summed E-state index contributed by atoms with van der Waals surface area (Å²) in [5.74, 6) is -0.0259. The van der Waals surface area contributed by atoms with E-state index in [1.807, 2.05) is 13.0 Å². The maximum atomic E-state index is 12.0. The van der Waals surface area contributed by atoms with Gasteiger partial charge >= 0.3 is 0 Å². The van der Waals surface area contributed by atoms with Crippen molar-refractivity contribution in [1.82, 2.24) is 5.32 Å². The molecule has 1 fully saturated rings. The Balaban J connectivity index is 2.03. The fourth-order valence-corrected chi connectivity index (χ4v) is 2.65. The number of carbonyl (C=O) groups excluding carboxylic acids is 2. The molecule has 1 aromatic rings. The molecular weight excluding hydrogens is 264 g/mol. The zero-order valence-corrected chi connectivity index (χ0v) is 11.8. The molecule has 1 unspecified atom stereocenters. The van der Waals surface area contributed by atoms with Crippen molar-refractivity contribution >= 4 is 28.2 Å². The third kappa shape index (κ3) is 3.54. The molecule has 2 amide bonds. The Hall–Kier alpha value is -1.40. The van der Waals surface area contributed by atoms with Crippen LogP contribution in [0.2, 0.25) is 0 Å². The summed E-state index contributed by atoms with van der Waals surface area (Å²) in [4.78, 5) is 24.2. The predicted molar refractivity (Wildman–Crippen MR) is 74.4 cm³/mol. The molecule has 104 valence electrons. The first-order chi connectivity index (χ1) is 9.01. The van der Waals surface area contributed by atoms with Gasteiger partial charge < -0.3 is 15.7 Å². The number of hydrogen-bond acceptors (Lipinski definition) is 4. The van der Waals surface area contributed by atoms with Crippen LogP contribution in [-0.4, -0.2) is 29.6 Å². The molecular formula is C13H18N2O3S. The molecule has 0 radical (unpaired) electrons. The highest BCUT2D eigenvalue weighted by Crippen LogP contribution is 2.32. The van der Waals surface area contributed by atoms with Crippen molar-refractivity contribution < 1.29 is 14.7 Å². The van der Waals surface area contributed by atoms with Gasteiger partial charge in [0.25, 0.3) is 5.91 Å². The lowest BCUT2D eigenvalue weighted by Gasteiger charge is -2.09. The number of aryl methyl sites for hydroxylation is 1. The van der Waals surface area contributed by atoms with E-state index in [2.05, 4.69) is 10.6 Å². The number of rotatable bonds is 5. The molecule has 0 aliphatic heterocycles. The van der Waals surface area contributed by atoms with Crippen molar-refractivity contribution in [1.29, 1.82) is 0 Å². The minimum atomic E-state index is -0.279. The Morgan fingerprint density at radius 3 is 2.79 bits per heavy atom. The Morgan fingerprint density at radius 2 is 2.21 bits per heavy atom. The second-order valence-corrected chi connectivity index (χ2v) is 6.00. The molecule has 0 bridgehead atoms. The summed E-state index contributed by atoms with van der Waals surface area (Å²) in [5, 5.41) is 15.2. The maximum absolute atomic E-state index is 12.0. The number of nitrogens with one attached hydrogen (secondary N) is 2. The third-order valence-corrected chi connectivity index (χ3v) is 4.12. The SMILES string of the molecule is Cc1cc(NC(=O)C2CC2)sc1C(=O)NC(C)CO. The van der Waals surface area contributed by atoms with Gasteiger partial charge in [0.05, 0.1) is 16.5 Å². The molecule has 6 heteroatoms. The number of carbonyl (C=O) groups is 2. The topological polar surface area (TPSA) is 78.4 Å². The Labute approximate surface area is 116 Å². The van der Waals surface area contributed by atoms with Gasteiger partial charge in [-0.3, -0.25) is 9.59 Å². The zero-order chi connectivity index (χ0) is 14.0. The van der Waals surface area contributed by atoms with Crippen LogP contribution >= 0.6 is 11.3 Å². The number of aliphatic hydroxyl groups excluding tert-OH is 1. The van der Waals surface area contributed by atoms with Gasteiger partial charge in [-0.1, -0.05) is 0 Å². The molecule has 5 nitrogen and oxygen atoms in total. The molecule has 0 saturated heterocycles. The van der Waals surface area contributed by atoms with Crippen molar-refractivity contribution in [2.45, 2.75) is 32.7 Å². The number of anilines is 1. The Morgan fingerprint density at radius 1 is 1.53 bits per heavy atom. The van der Waals surface area contributed by atoms with E-state index in [0.717, 1.165) is 18.4 Å². The summed E-state index contributed by atoms with van der Waals surface area (Å²) < 4.78 is 0. The van der Waals surface area contributed by atoms with Gasteiger partial charge in [0.1, 0.15) is 0 Å². The summed E-state index contributed by atoms with van der Waals surface area (Å²) in [5.41, 5.74) is 0.832. The summed E-state index contributed by atoms with van der Waals surface area (Å²) in [7, 11) is 0.